The Morgan fingerprint density at radius 2 is 1.54 bits per heavy atom. The molecule has 2 rings (SSSR count). The average molecular weight is 410 g/mol. The van der Waals surface area contributed by atoms with Crippen molar-refractivity contribution in [2.24, 2.45) is 5.92 Å². The fraction of sp³-hybridized carbons (Fsp3) is 0.167. The van der Waals surface area contributed by atoms with E-state index < -0.39 is 5.91 Å². The minimum atomic E-state index is -0.440. The van der Waals surface area contributed by atoms with E-state index in [1.807, 2.05) is 13.8 Å². The summed E-state index contributed by atoms with van der Waals surface area (Å²) in [6.45, 7) is 3.64. The highest BCUT2D eigenvalue weighted by Crippen LogP contribution is 2.21. The Morgan fingerprint density at radius 1 is 0.962 bits per heavy atom. The zero-order valence-electron chi connectivity index (χ0n) is 14.1. The molecule has 0 saturated heterocycles. The number of carbonyl (C=O) groups is 2. The minimum Gasteiger partial charge on any atom is -0.332 e. The monoisotopic (exact) mass is 409 g/mol. The fourth-order valence-corrected chi connectivity index (χ4v) is 2.63. The summed E-state index contributed by atoms with van der Waals surface area (Å²) in [6, 6.07) is 11.5. The van der Waals surface area contributed by atoms with Crippen molar-refractivity contribution < 1.29 is 9.59 Å². The maximum absolute atomic E-state index is 12.2. The molecule has 0 unspecified atom stereocenters. The topological polar surface area (TPSA) is 70.2 Å². The van der Waals surface area contributed by atoms with Crippen LogP contribution < -0.4 is 16.0 Å². The predicted molar refractivity (Wildman–Crippen MR) is 110 cm³/mol. The van der Waals surface area contributed by atoms with Crippen molar-refractivity contribution >= 4 is 63.7 Å². The van der Waals surface area contributed by atoms with E-state index in [-0.39, 0.29) is 27.5 Å². The van der Waals surface area contributed by atoms with Gasteiger partial charge in [0.05, 0.1) is 10.6 Å². The van der Waals surface area contributed by atoms with Crippen LogP contribution in [0.1, 0.15) is 24.2 Å². The van der Waals surface area contributed by atoms with E-state index in [0.717, 1.165) is 0 Å². The van der Waals surface area contributed by atoms with Gasteiger partial charge in [-0.15, -0.1) is 0 Å². The van der Waals surface area contributed by atoms with Crippen LogP contribution in [0.5, 0.6) is 0 Å². The molecule has 0 bridgehead atoms. The van der Waals surface area contributed by atoms with Crippen LogP contribution in [0.3, 0.4) is 0 Å². The summed E-state index contributed by atoms with van der Waals surface area (Å²) in [5, 5.41) is 9.04. The molecule has 2 aromatic rings. The number of benzene rings is 2. The van der Waals surface area contributed by atoms with Gasteiger partial charge in [0.2, 0.25) is 5.91 Å². The molecule has 136 valence electrons. The minimum absolute atomic E-state index is 0.0617. The van der Waals surface area contributed by atoms with E-state index in [9.17, 15) is 9.59 Å². The lowest BCUT2D eigenvalue weighted by Gasteiger charge is -2.12. The Bertz CT molecular complexity index is 839. The first kappa shape index (κ1) is 20.2. The van der Waals surface area contributed by atoms with Gasteiger partial charge in [-0.2, -0.15) is 0 Å². The Balaban J connectivity index is 1.95. The Labute approximate surface area is 167 Å². The van der Waals surface area contributed by atoms with Gasteiger partial charge in [-0.05, 0) is 54.7 Å². The largest absolute Gasteiger partial charge is 0.332 e. The highest BCUT2D eigenvalue weighted by molar-refractivity contribution is 7.80. The maximum atomic E-state index is 12.2. The van der Waals surface area contributed by atoms with E-state index in [0.29, 0.717) is 16.4 Å². The number of halogens is 2. The van der Waals surface area contributed by atoms with Gasteiger partial charge in [-0.25, -0.2) is 0 Å². The summed E-state index contributed by atoms with van der Waals surface area (Å²) in [4.78, 5) is 23.9. The van der Waals surface area contributed by atoms with Crippen LogP contribution in [0.15, 0.2) is 42.5 Å². The third-order valence-electron chi connectivity index (χ3n) is 3.34. The van der Waals surface area contributed by atoms with Crippen molar-refractivity contribution in [2.75, 3.05) is 10.6 Å². The van der Waals surface area contributed by atoms with Crippen LogP contribution in [0.25, 0.3) is 0 Å². The van der Waals surface area contributed by atoms with E-state index in [2.05, 4.69) is 16.0 Å². The third kappa shape index (κ3) is 5.69. The van der Waals surface area contributed by atoms with Gasteiger partial charge in [-0.3, -0.25) is 14.9 Å². The summed E-state index contributed by atoms with van der Waals surface area (Å²) >= 11 is 17.0. The van der Waals surface area contributed by atoms with Gasteiger partial charge in [0.15, 0.2) is 5.11 Å². The quantitative estimate of drug-likeness (QED) is 0.639. The van der Waals surface area contributed by atoms with Crippen molar-refractivity contribution in [1.82, 2.24) is 5.32 Å². The molecule has 0 spiro atoms. The zero-order valence-corrected chi connectivity index (χ0v) is 16.4. The molecule has 0 atom stereocenters. The second-order valence-electron chi connectivity index (χ2n) is 5.75. The lowest BCUT2D eigenvalue weighted by atomic mass is 10.2. The molecule has 3 N–H and O–H groups in total. The predicted octanol–water partition coefficient (Wildman–Crippen LogP) is 4.71. The molecule has 0 aromatic heterocycles. The molecule has 0 fully saturated rings. The molecular formula is C18H17Cl2N3O2S. The molecule has 0 aliphatic carbocycles. The molecule has 26 heavy (non-hydrogen) atoms. The van der Waals surface area contributed by atoms with Gasteiger partial charge in [0.25, 0.3) is 5.91 Å². The molecule has 2 aromatic carbocycles. The maximum Gasteiger partial charge on any atom is 0.258 e. The van der Waals surface area contributed by atoms with Crippen molar-refractivity contribution in [1.29, 1.82) is 0 Å². The molecule has 2 amide bonds. The number of hydrogen-bond donors (Lipinski definition) is 3. The Hall–Kier alpha value is -2.15. The number of amides is 2. The molecule has 8 heteroatoms. The molecule has 0 radical (unpaired) electrons. The van der Waals surface area contributed by atoms with Crippen LogP contribution in [0.2, 0.25) is 10.0 Å². The number of anilines is 2. The summed E-state index contributed by atoms with van der Waals surface area (Å²) in [5.74, 6) is -0.603. The molecule has 0 heterocycles. The fourth-order valence-electron chi connectivity index (χ4n) is 1.93. The van der Waals surface area contributed by atoms with Crippen LogP contribution >= 0.6 is 35.4 Å². The van der Waals surface area contributed by atoms with Gasteiger partial charge >= 0.3 is 0 Å². The number of hydrogen-bond acceptors (Lipinski definition) is 3. The Kier molecular flexibility index (Phi) is 6.97. The van der Waals surface area contributed by atoms with E-state index in [1.165, 1.54) is 12.1 Å². The zero-order chi connectivity index (χ0) is 19.3. The summed E-state index contributed by atoms with van der Waals surface area (Å²) in [7, 11) is 0. The SMILES string of the molecule is CC(C)C(=O)Nc1ccc(NC(=S)NC(=O)c2ccc(Cl)cc2Cl)cc1. The average Bonchev–Trinajstić information content (AvgIpc) is 2.56. The van der Waals surface area contributed by atoms with Gasteiger partial charge < -0.3 is 10.6 Å². The van der Waals surface area contributed by atoms with Gasteiger partial charge in [0.1, 0.15) is 0 Å². The molecule has 5 nitrogen and oxygen atoms in total. The standard InChI is InChI=1S/C18H17Cl2N3O2S/c1-10(2)16(24)21-12-4-6-13(7-5-12)22-18(26)23-17(25)14-8-3-11(19)9-15(14)20/h3-10H,1-2H3,(H,21,24)(H2,22,23,25,26). The third-order valence-corrected chi connectivity index (χ3v) is 4.09. The molecular weight excluding hydrogens is 393 g/mol. The highest BCUT2D eigenvalue weighted by Gasteiger charge is 2.12. The lowest BCUT2D eigenvalue weighted by molar-refractivity contribution is -0.118. The van der Waals surface area contributed by atoms with Crippen molar-refractivity contribution in [3.8, 4) is 0 Å². The van der Waals surface area contributed by atoms with Crippen LogP contribution in [-0.2, 0) is 4.79 Å². The summed E-state index contributed by atoms with van der Waals surface area (Å²) in [5.41, 5.74) is 1.61. The number of thiocarbonyl (C=S) groups is 1. The first-order chi connectivity index (χ1) is 12.3. The summed E-state index contributed by atoms with van der Waals surface area (Å²) in [6.07, 6.45) is 0. The first-order valence-electron chi connectivity index (χ1n) is 7.74. The molecule has 0 aliphatic heterocycles. The van der Waals surface area contributed by atoms with E-state index in [4.69, 9.17) is 35.4 Å². The van der Waals surface area contributed by atoms with Crippen LogP contribution in [0, 0.1) is 5.92 Å². The Morgan fingerprint density at radius 3 is 2.08 bits per heavy atom. The van der Waals surface area contributed by atoms with Gasteiger partial charge in [-0.1, -0.05) is 37.0 Å². The van der Waals surface area contributed by atoms with Crippen molar-refractivity contribution in [2.45, 2.75) is 13.8 Å². The second-order valence-corrected chi connectivity index (χ2v) is 7.01. The van der Waals surface area contributed by atoms with Gasteiger partial charge in [0, 0.05) is 22.3 Å². The highest BCUT2D eigenvalue weighted by atomic mass is 35.5. The van der Waals surface area contributed by atoms with Crippen molar-refractivity contribution in [3.05, 3.63) is 58.1 Å². The second kappa shape index (κ2) is 8.98. The smallest absolute Gasteiger partial charge is 0.258 e. The number of carbonyl (C=O) groups excluding carboxylic acids is 2. The summed E-state index contributed by atoms with van der Waals surface area (Å²) < 4.78 is 0. The van der Waals surface area contributed by atoms with E-state index >= 15 is 0 Å². The van der Waals surface area contributed by atoms with Crippen LogP contribution in [0.4, 0.5) is 11.4 Å². The molecule has 0 aliphatic rings. The van der Waals surface area contributed by atoms with Crippen LogP contribution in [-0.4, -0.2) is 16.9 Å². The molecule has 0 saturated carbocycles. The normalized spacial score (nSPS) is 10.3. The first-order valence-corrected chi connectivity index (χ1v) is 8.91. The van der Waals surface area contributed by atoms with E-state index in [1.54, 1.807) is 30.3 Å². The number of nitrogens with one attached hydrogen (secondary N) is 3. The number of rotatable bonds is 4. The van der Waals surface area contributed by atoms with Crippen molar-refractivity contribution in [3.63, 3.8) is 0 Å². The lowest BCUT2D eigenvalue weighted by Crippen LogP contribution is -2.34.